The maximum Gasteiger partial charge on any atom is 0.351 e. The Morgan fingerprint density at radius 3 is 2.48 bits per heavy atom. The normalized spacial score (nSPS) is 11.8. The lowest BCUT2D eigenvalue weighted by atomic mass is 10.1. The molecule has 1 heterocycles. The van der Waals surface area contributed by atoms with Crippen LogP contribution < -0.4 is 10.4 Å². The van der Waals surface area contributed by atoms with Crippen molar-refractivity contribution in [3.63, 3.8) is 0 Å². The molecule has 0 spiro atoms. The molecule has 0 aliphatic heterocycles. The maximum atomic E-state index is 12.4. The second kappa shape index (κ2) is 7.63. The molecule has 0 aliphatic rings. The van der Waals surface area contributed by atoms with E-state index in [1.807, 2.05) is 0 Å². The van der Waals surface area contributed by atoms with Crippen molar-refractivity contribution in [2.24, 2.45) is 0 Å². The lowest BCUT2D eigenvalue weighted by Gasteiger charge is -2.12. The monoisotopic (exact) mass is 386 g/mol. The Morgan fingerprint density at radius 2 is 1.81 bits per heavy atom. The van der Waals surface area contributed by atoms with Crippen LogP contribution in [0.3, 0.4) is 0 Å². The SMILES string of the molecule is COc1cccc2cc(C(=O)OC(C)C(=O)c3ccc(Cl)cc3)c(=O)oc12. The number of ether oxygens (including phenoxy) is 2. The Labute approximate surface area is 159 Å². The van der Waals surface area contributed by atoms with E-state index in [1.54, 1.807) is 30.3 Å². The van der Waals surface area contributed by atoms with E-state index in [0.717, 1.165) is 0 Å². The largest absolute Gasteiger partial charge is 0.493 e. The molecule has 138 valence electrons. The molecular formula is C20H15ClO6. The Morgan fingerprint density at radius 1 is 1.11 bits per heavy atom. The molecule has 6 nitrogen and oxygen atoms in total. The van der Waals surface area contributed by atoms with E-state index >= 15 is 0 Å². The van der Waals surface area contributed by atoms with Gasteiger partial charge in [0.25, 0.3) is 0 Å². The fraction of sp³-hybridized carbons (Fsp3) is 0.150. The summed E-state index contributed by atoms with van der Waals surface area (Å²) in [5.41, 5.74) is -0.600. The number of para-hydroxylation sites is 1. The van der Waals surface area contributed by atoms with Gasteiger partial charge in [0.05, 0.1) is 7.11 Å². The molecule has 1 unspecified atom stereocenters. The number of esters is 1. The van der Waals surface area contributed by atoms with Crippen molar-refractivity contribution < 1.29 is 23.5 Å². The lowest BCUT2D eigenvalue weighted by Crippen LogP contribution is -2.27. The molecule has 3 aromatic rings. The van der Waals surface area contributed by atoms with Crippen LogP contribution in [0.15, 0.2) is 57.7 Å². The zero-order chi connectivity index (χ0) is 19.6. The minimum absolute atomic E-state index is 0.229. The first-order valence-electron chi connectivity index (χ1n) is 8.02. The third-order valence-electron chi connectivity index (χ3n) is 3.95. The Kier molecular flexibility index (Phi) is 5.28. The second-order valence-electron chi connectivity index (χ2n) is 5.74. The third-order valence-corrected chi connectivity index (χ3v) is 4.20. The number of fused-ring (bicyclic) bond motifs is 1. The van der Waals surface area contributed by atoms with Gasteiger partial charge >= 0.3 is 11.6 Å². The van der Waals surface area contributed by atoms with Crippen LogP contribution in [-0.2, 0) is 4.74 Å². The Bertz CT molecular complexity index is 1070. The summed E-state index contributed by atoms with van der Waals surface area (Å²) in [6, 6.07) is 12.5. The predicted octanol–water partition coefficient (Wildman–Crippen LogP) is 3.88. The minimum atomic E-state index is -1.08. The fourth-order valence-electron chi connectivity index (χ4n) is 2.55. The van der Waals surface area contributed by atoms with Crippen LogP contribution in [0.25, 0.3) is 11.0 Å². The fourth-order valence-corrected chi connectivity index (χ4v) is 2.67. The molecule has 0 saturated carbocycles. The molecule has 1 atom stereocenters. The van der Waals surface area contributed by atoms with Crippen LogP contribution in [0.1, 0.15) is 27.6 Å². The molecule has 0 radical (unpaired) electrons. The number of methoxy groups -OCH3 is 1. The Hall–Kier alpha value is -3.12. The van der Waals surface area contributed by atoms with E-state index in [4.69, 9.17) is 25.5 Å². The van der Waals surface area contributed by atoms with Crippen LogP contribution in [0.2, 0.25) is 5.02 Å². The number of hydrogen-bond acceptors (Lipinski definition) is 6. The summed E-state index contributed by atoms with van der Waals surface area (Å²) < 4.78 is 15.5. The van der Waals surface area contributed by atoms with Crippen LogP contribution in [-0.4, -0.2) is 25.0 Å². The van der Waals surface area contributed by atoms with E-state index in [-0.39, 0.29) is 11.1 Å². The highest BCUT2D eigenvalue weighted by atomic mass is 35.5. The van der Waals surface area contributed by atoms with Gasteiger partial charge in [0.15, 0.2) is 17.4 Å². The van der Waals surface area contributed by atoms with Crippen molar-refractivity contribution in [2.75, 3.05) is 7.11 Å². The molecule has 0 N–H and O–H groups in total. The number of rotatable bonds is 5. The van der Waals surface area contributed by atoms with Gasteiger partial charge in [0, 0.05) is 16.0 Å². The number of Topliss-reactive ketones (excluding diaryl/α,β-unsaturated/α-hetero) is 1. The standard InChI is InChI=1S/C20H15ClO6/c1-11(17(22)12-6-8-14(21)9-7-12)26-19(23)15-10-13-4-3-5-16(25-2)18(13)27-20(15)24/h3-11H,1-2H3. The number of carbonyl (C=O) groups excluding carboxylic acids is 2. The van der Waals surface area contributed by atoms with Crippen molar-refractivity contribution in [3.05, 3.63) is 75.1 Å². The molecule has 7 heteroatoms. The van der Waals surface area contributed by atoms with E-state index in [0.29, 0.717) is 21.7 Å². The number of carbonyl (C=O) groups is 2. The Balaban J connectivity index is 1.85. The van der Waals surface area contributed by atoms with E-state index in [1.165, 1.54) is 32.2 Å². The summed E-state index contributed by atoms with van der Waals surface area (Å²) in [6.45, 7) is 1.43. The topological polar surface area (TPSA) is 82.8 Å². The van der Waals surface area contributed by atoms with Gasteiger partial charge in [-0.05, 0) is 43.3 Å². The molecule has 27 heavy (non-hydrogen) atoms. The molecule has 0 saturated heterocycles. The molecule has 0 amide bonds. The van der Waals surface area contributed by atoms with Gasteiger partial charge in [-0.3, -0.25) is 4.79 Å². The molecule has 2 aromatic carbocycles. The second-order valence-corrected chi connectivity index (χ2v) is 6.18. The van der Waals surface area contributed by atoms with Gasteiger partial charge in [-0.25, -0.2) is 9.59 Å². The first-order chi connectivity index (χ1) is 12.9. The van der Waals surface area contributed by atoms with E-state index in [2.05, 4.69) is 0 Å². The number of benzene rings is 2. The van der Waals surface area contributed by atoms with E-state index in [9.17, 15) is 14.4 Å². The average molecular weight is 387 g/mol. The number of halogens is 1. The van der Waals surface area contributed by atoms with Crippen molar-refractivity contribution in [2.45, 2.75) is 13.0 Å². The predicted molar refractivity (Wildman–Crippen MR) is 99.7 cm³/mol. The maximum absolute atomic E-state index is 12.4. The summed E-state index contributed by atoms with van der Waals surface area (Å²) >= 11 is 5.80. The van der Waals surface area contributed by atoms with E-state index < -0.39 is 23.5 Å². The zero-order valence-electron chi connectivity index (χ0n) is 14.5. The third kappa shape index (κ3) is 3.85. The van der Waals surface area contributed by atoms with Crippen molar-refractivity contribution in [3.8, 4) is 5.75 Å². The highest BCUT2D eigenvalue weighted by molar-refractivity contribution is 6.30. The van der Waals surface area contributed by atoms with Gasteiger partial charge in [-0.1, -0.05) is 23.7 Å². The van der Waals surface area contributed by atoms with Crippen LogP contribution in [0, 0.1) is 0 Å². The molecular weight excluding hydrogens is 372 g/mol. The smallest absolute Gasteiger partial charge is 0.351 e. The first kappa shape index (κ1) is 18.7. The molecule has 1 aromatic heterocycles. The molecule has 0 fully saturated rings. The molecule has 3 rings (SSSR count). The number of hydrogen-bond donors (Lipinski definition) is 0. The van der Waals surface area contributed by atoms with Crippen LogP contribution in [0.4, 0.5) is 0 Å². The van der Waals surface area contributed by atoms with Crippen LogP contribution >= 0.6 is 11.6 Å². The lowest BCUT2D eigenvalue weighted by molar-refractivity contribution is 0.0315. The highest BCUT2D eigenvalue weighted by Gasteiger charge is 2.23. The van der Waals surface area contributed by atoms with Gasteiger partial charge in [0.1, 0.15) is 5.56 Å². The quantitative estimate of drug-likeness (QED) is 0.376. The first-order valence-corrected chi connectivity index (χ1v) is 8.40. The molecule has 0 aliphatic carbocycles. The van der Waals surface area contributed by atoms with Crippen LogP contribution in [0.5, 0.6) is 5.75 Å². The summed E-state index contributed by atoms with van der Waals surface area (Å²) in [7, 11) is 1.45. The highest BCUT2D eigenvalue weighted by Crippen LogP contribution is 2.24. The van der Waals surface area contributed by atoms with Crippen molar-refractivity contribution >= 4 is 34.3 Å². The number of ketones is 1. The van der Waals surface area contributed by atoms with Crippen molar-refractivity contribution in [1.29, 1.82) is 0 Å². The van der Waals surface area contributed by atoms with Gasteiger partial charge in [-0.15, -0.1) is 0 Å². The summed E-state index contributed by atoms with van der Waals surface area (Å²) in [5.74, 6) is -0.981. The zero-order valence-corrected chi connectivity index (χ0v) is 15.3. The van der Waals surface area contributed by atoms with Gasteiger partial charge in [-0.2, -0.15) is 0 Å². The summed E-state index contributed by atoms with van der Waals surface area (Å²) in [6.07, 6.45) is -1.08. The summed E-state index contributed by atoms with van der Waals surface area (Å²) in [4.78, 5) is 36.9. The van der Waals surface area contributed by atoms with Gasteiger partial charge in [0.2, 0.25) is 5.78 Å². The van der Waals surface area contributed by atoms with Gasteiger partial charge < -0.3 is 13.9 Å². The van der Waals surface area contributed by atoms with Crippen molar-refractivity contribution in [1.82, 2.24) is 0 Å². The summed E-state index contributed by atoms with van der Waals surface area (Å²) in [5, 5.41) is 0.984. The average Bonchev–Trinajstić information content (AvgIpc) is 2.66. The molecule has 0 bridgehead atoms. The minimum Gasteiger partial charge on any atom is -0.493 e.